The standard InChI is InChI=1S/C31H38N4O5S.ClH/c1-20-15-25(16-21(2)28(20)40-14-13-34-11-9-24(10-12-34)30(37)38)29-32-33-31(41-29)35(19-22-7-8-22)27(36)18-23-5-4-6-26(17-23)39-3;/h4-6,15-17,22,24H,7-14,18-19H2,1-3H3,(H,37,38);1H. The van der Waals surface area contributed by atoms with Crippen molar-refractivity contribution in [1.29, 1.82) is 0 Å². The zero-order valence-electron chi connectivity index (χ0n) is 24.4. The molecule has 2 aliphatic rings. The van der Waals surface area contributed by atoms with Crippen molar-refractivity contribution in [3.05, 3.63) is 53.1 Å². The predicted molar refractivity (Wildman–Crippen MR) is 166 cm³/mol. The Kier molecular flexibility index (Phi) is 10.8. The van der Waals surface area contributed by atoms with Gasteiger partial charge in [-0.25, -0.2) is 0 Å². The number of piperidine rings is 1. The van der Waals surface area contributed by atoms with Crippen molar-refractivity contribution in [2.45, 2.75) is 46.0 Å². The van der Waals surface area contributed by atoms with Gasteiger partial charge in [-0.1, -0.05) is 23.5 Å². The van der Waals surface area contributed by atoms with Gasteiger partial charge >= 0.3 is 5.97 Å². The highest BCUT2D eigenvalue weighted by Gasteiger charge is 2.30. The van der Waals surface area contributed by atoms with Crippen molar-refractivity contribution < 1.29 is 24.2 Å². The number of aliphatic carboxylic acids is 1. The summed E-state index contributed by atoms with van der Waals surface area (Å²) in [4.78, 5) is 28.7. The van der Waals surface area contributed by atoms with Gasteiger partial charge in [0.05, 0.1) is 19.4 Å². The molecule has 5 rings (SSSR count). The molecule has 3 aromatic rings. The molecule has 1 saturated carbocycles. The lowest BCUT2D eigenvalue weighted by molar-refractivity contribution is -0.143. The summed E-state index contributed by atoms with van der Waals surface area (Å²) < 4.78 is 11.5. The van der Waals surface area contributed by atoms with E-state index >= 15 is 0 Å². The fraction of sp³-hybridized carbons (Fsp3) is 0.484. The first-order valence-electron chi connectivity index (χ1n) is 14.3. The number of hydrogen-bond donors (Lipinski definition) is 1. The first kappa shape index (κ1) is 31.7. The second-order valence-electron chi connectivity index (χ2n) is 11.1. The van der Waals surface area contributed by atoms with Crippen molar-refractivity contribution in [2.75, 3.05) is 44.8 Å². The number of hydrogen-bond acceptors (Lipinski definition) is 8. The summed E-state index contributed by atoms with van der Waals surface area (Å²) in [5.41, 5.74) is 3.90. The first-order valence-corrected chi connectivity index (χ1v) is 15.1. The maximum atomic E-state index is 13.4. The lowest BCUT2D eigenvalue weighted by Crippen LogP contribution is -2.38. The normalized spacial score (nSPS) is 15.6. The largest absolute Gasteiger partial charge is 0.497 e. The fourth-order valence-corrected chi connectivity index (χ4v) is 6.18. The lowest BCUT2D eigenvalue weighted by Gasteiger charge is -2.30. The van der Waals surface area contributed by atoms with E-state index in [0.717, 1.165) is 71.2 Å². The van der Waals surface area contributed by atoms with Gasteiger partial charge in [0.15, 0.2) is 0 Å². The smallest absolute Gasteiger partial charge is 0.306 e. The molecule has 1 aliphatic heterocycles. The molecule has 0 spiro atoms. The minimum Gasteiger partial charge on any atom is -0.497 e. The summed E-state index contributed by atoms with van der Waals surface area (Å²) in [6.07, 6.45) is 3.93. The van der Waals surface area contributed by atoms with Crippen LogP contribution in [0, 0.1) is 25.7 Å². The van der Waals surface area contributed by atoms with Crippen LogP contribution in [-0.4, -0.2) is 72.0 Å². The summed E-state index contributed by atoms with van der Waals surface area (Å²) >= 11 is 1.44. The Morgan fingerprint density at radius 2 is 1.79 bits per heavy atom. The summed E-state index contributed by atoms with van der Waals surface area (Å²) in [7, 11) is 1.63. The number of rotatable bonds is 12. The molecule has 0 bridgehead atoms. The third-order valence-electron chi connectivity index (χ3n) is 7.87. The van der Waals surface area contributed by atoms with Crippen LogP contribution < -0.4 is 14.4 Å². The van der Waals surface area contributed by atoms with Crippen molar-refractivity contribution in [3.63, 3.8) is 0 Å². The number of carboxylic acids is 1. The summed E-state index contributed by atoms with van der Waals surface area (Å²) in [6.45, 7) is 7.62. The minimum atomic E-state index is -0.690. The predicted octanol–water partition coefficient (Wildman–Crippen LogP) is 5.41. The van der Waals surface area contributed by atoms with Crippen LogP contribution in [0.1, 0.15) is 42.4 Å². The zero-order chi connectivity index (χ0) is 28.9. The van der Waals surface area contributed by atoms with E-state index in [-0.39, 0.29) is 30.7 Å². The Balaban J connectivity index is 0.00000405. The monoisotopic (exact) mass is 614 g/mol. The molecule has 1 amide bonds. The minimum absolute atomic E-state index is 0. The topological polar surface area (TPSA) is 105 Å². The van der Waals surface area contributed by atoms with Crippen LogP contribution in [0.2, 0.25) is 0 Å². The van der Waals surface area contributed by atoms with Crippen LogP contribution in [0.5, 0.6) is 11.5 Å². The summed E-state index contributed by atoms with van der Waals surface area (Å²) in [6, 6.07) is 11.7. The van der Waals surface area contributed by atoms with Crippen molar-refractivity contribution in [1.82, 2.24) is 15.1 Å². The summed E-state index contributed by atoms with van der Waals surface area (Å²) in [5, 5.41) is 19.5. The summed E-state index contributed by atoms with van der Waals surface area (Å²) in [5.74, 6) is 1.21. The maximum Gasteiger partial charge on any atom is 0.306 e. The molecule has 1 saturated heterocycles. The number of anilines is 1. The molecule has 0 radical (unpaired) electrons. The number of carboxylic acid groups (broad SMARTS) is 1. The Morgan fingerprint density at radius 3 is 2.43 bits per heavy atom. The van der Waals surface area contributed by atoms with E-state index < -0.39 is 5.97 Å². The number of benzene rings is 2. The van der Waals surface area contributed by atoms with E-state index in [4.69, 9.17) is 9.47 Å². The Labute approximate surface area is 257 Å². The lowest BCUT2D eigenvalue weighted by atomic mass is 9.97. The second kappa shape index (κ2) is 14.3. The molecule has 2 heterocycles. The maximum absolute atomic E-state index is 13.4. The average Bonchev–Trinajstić information content (AvgIpc) is 3.66. The van der Waals surface area contributed by atoms with E-state index in [1.54, 1.807) is 12.0 Å². The van der Waals surface area contributed by atoms with Gasteiger partial charge in [-0.3, -0.25) is 19.4 Å². The van der Waals surface area contributed by atoms with E-state index in [1.165, 1.54) is 11.3 Å². The van der Waals surface area contributed by atoms with Crippen LogP contribution in [0.25, 0.3) is 10.6 Å². The van der Waals surface area contributed by atoms with Crippen LogP contribution in [0.3, 0.4) is 0 Å². The highest BCUT2D eigenvalue weighted by atomic mass is 35.5. The van der Waals surface area contributed by atoms with Gasteiger partial charge in [-0.15, -0.1) is 22.6 Å². The van der Waals surface area contributed by atoms with Gasteiger partial charge in [-0.2, -0.15) is 0 Å². The van der Waals surface area contributed by atoms with Crippen LogP contribution in [-0.2, 0) is 16.0 Å². The number of likely N-dealkylation sites (tertiary alicyclic amines) is 1. The van der Waals surface area contributed by atoms with Crippen molar-refractivity contribution >= 4 is 40.8 Å². The Bertz CT molecular complexity index is 1360. The number of nitrogens with zero attached hydrogens (tertiary/aromatic N) is 4. The Hall–Kier alpha value is -3.21. The number of carbonyl (C=O) groups is 2. The van der Waals surface area contributed by atoms with E-state index in [9.17, 15) is 14.7 Å². The molecule has 1 aliphatic carbocycles. The highest BCUT2D eigenvalue weighted by Crippen LogP contribution is 2.36. The number of halogens is 1. The molecular formula is C31H39ClN4O5S. The number of amides is 1. The molecule has 1 aromatic heterocycles. The van der Waals surface area contributed by atoms with Crippen molar-refractivity contribution in [2.24, 2.45) is 11.8 Å². The third kappa shape index (κ3) is 7.99. The molecule has 2 aromatic carbocycles. The number of methoxy groups -OCH3 is 1. The molecule has 1 N–H and O–H groups in total. The third-order valence-corrected chi connectivity index (χ3v) is 8.87. The SMILES string of the molecule is COc1cccc(CC(=O)N(CC2CC2)c2nnc(-c3cc(C)c(OCCN4CCC(C(=O)O)CC4)c(C)c3)s2)c1.Cl. The second-order valence-corrected chi connectivity index (χ2v) is 12.1. The molecule has 2 fully saturated rings. The van der Waals surface area contributed by atoms with E-state index in [2.05, 4.69) is 27.2 Å². The Morgan fingerprint density at radius 1 is 1.07 bits per heavy atom. The number of ether oxygens (including phenoxy) is 2. The van der Waals surface area contributed by atoms with E-state index in [1.807, 2.05) is 38.1 Å². The molecule has 42 heavy (non-hydrogen) atoms. The average molecular weight is 615 g/mol. The van der Waals surface area contributed by atoms with Gasteiger partial charge in [0.2, 0.25) is 11.0 Å². The number of aromatic nitrogens is 2. The van der Waals surface area contributed by atoms with Crippen LogP contribution in [0.4, 0.5) is 5.13 Å². The van der Waals surface area contributed by atoms with Gasteiger partial charge in [0.1, 0.15) is 23.1 Å². The first-order chi connectivity index (χ1) is 19.8. The molecular weight excluding hydrogens is 576 g/mol. The van der Waals surface area contributed by atoms with Gasteiger partial charge in [0.25, 0.3) is 0 Å². The van der Waals surface area contributed by atoms with Gasteiger partial charge < -0.3 is 14.6 Å². The fourth-order valence-electron chi connectivity index (χ4n) is 5.32. The van der Waals surface area contributed by atoms with Crippen LogP contribution in [0.15, 0.2) is 36.4 Å². The zero-order valence-corrected chi connectivity index (χ0v) is 26.0. The number of aryl methyl sites for hydroxylation is 2. The van der Waals surface area contributed by atoms with Crippen molar-refractivity contribution in [3.8, 4) is 22.1 Å². The van der Waals surface area contributed by atoms with Gasteiger partial charge in [0, 0.05) is 18.7 Å². The van der Waals surface area contributed by atoms with E-state index in [0.29, 0.717) is 37.0 Å². The molecule has 9 nitrogen and oxygen atoms in total. The van der Waals surface area contributed by atoms with Crippen LogP contribution >= 0.6 is 23.7 Å². The molecule has 0 unspecified atom stereocenters. The molecule has 11 heteroatoms. The molecule has 226 valence electrons. The van der Waals surface area contributed by atoms with Gasteiger partial charge in [-0.05, 0) is 99.5 Å². The quantitative estimate of drug-likeness (QED) is 0.289. The number of carbonyl (C=O) groups excluding carboxylic acids is 1. The molecule has 0 atom stereocenters. The highest BCUT2D eigenvalue weighted by molar-refractivity contribution is 7.18.